The molecule has 2 heteroatoms. The SMILES string of the molecule is OCCOc1ccc(-c2c(-c3ccccc3)ccc3c2Cc2cc(-c4ccccc4)ccc2-3)cc1. The number of aliphatic hydroxyl groups excluding tert-OH is 1. The second-order valence-corrected chi connectivity index (χ2v) is 8.89. The molecule has 0 radical (unpaired) electrons. The van der Waals surface area contributed by atoms with Crippen molar-refractivity contribution in [1.29, 1.82) is 0 Å². The zero-order valence-electron chi connectivity index (χ0n) is 19.4. The lowest BCUT2D eigenvalue weighted by atomic mass is 9.88. The van der Waals surface area contributed by atoms with Gasteiger partial charge in [-0.25, -0.2) is 0 Å². The second-order valence-electron chi connectivity index (χ2n) is 8.89. The summed E-state index contributed by atoms with van der Waals surface area (Å²) in [6.45, 7) is 0.309. The first-order chi connectivity index (χ1) is 17.3. The summed E-state index contributed by atoms with van der Waals surface area (Å²) < 4.78 is 5.61. The van der Waals surface area contributed by atoms with E-state index in [9.17, 15) is 0 Å². The maximum atomic E-state index is 9.08. The average Bonchev–Trinajstić information content (AvgIpc) is 3.30. The first-order valence-corrected chi connectivity index (χ1v) is 12.1. The van der Waals surface area contributed by atoms with E-state index < -0.39 is 0 Å². The van der Waals surface area contributed by atoms with Crippen LogP contribution in [0.4, 0.5) is 0 Å². The van der Waals surface area contributed by atoms with Crippen molar-refractivity contribution in [1.82, 2.24) is 0 Å². The Bertz CT molecular complexity index is 1470. The minimum absolute atomic E-state index is 0.00925. The predicted molar refractivity (Wildman–Crippen MR) is 144 cm³/mol. The van der Waals surface area contributed by atoms with Gasteiger partial charge in [0.15, 0.2) is 0 Å². The molecule has 0 saturated carbocycles. The van der Waals surface area contributed by atoms with Crippen molar-refractivity contribution in [2.75, 3.05) is 13.2 Å². The van der Waals surface area contributed by atoms with Crippen molar-refractivity contribution >= 4 is 0 Å². The third kappa shape index (κ3) is 4.03. The van der Waals surface area contributed by atoms with Crippen molar-refractivity contribution in [3.8, 4) is 50.3 Å². The molecule has 0 saturated heterocycles. The smallest absolute Gasteiger partial charge is 0.119 e. The number of aliphatic hydroxyl groups is 1. The van der Waals surface area contributed by atoms with Gasteiger partial charge in [0.2, 0.25) is 0 Å². The fourth-order valence-electron chi connectivity index (χ4n) is 5.16. The van der Waals surface area contributed by atoms with Crippen LogP contribution in [0.5, 0.6) is 5.75 Å². The van der Waals surface area contributed by atoms with Gasteiger partial charge in [0.05, 0.1) is 6.61 Å². The van der Waals surface area contributed by atoms with Crippen LogP contribution in [0.1, 0.15) is 11.1 Å². The molecular formula is C33H26O2. The van der Waals surface area contributed by atoms with Crippen LogP contribution in [0.25, 0.3) is 44.5 Å². The lowest BCUT2D eigenvalue weighted by Gasteiger charge is -2.16. The van der Waals surface area contributed by atoms with Crippen molar-refractivity contribution in [3.05, 3.63) is 126 Å². The van der Waals surface area contributed by atoms with Crippen LogP contribution in [0, 0.1) is 0 Å². The van der Waals surface area contributed by atoms with E-state index in [1.165, 1.54) is 55.6 Å². The molecule has 0 aliphatic heterocycles. The summed E-state index contributed by atoms with van der Waals surface area (Å²) in [4.78, 5) is 0. The Labute approximate surface area is 206 Å². The fourth-order valence-corrected chi connectivity index (χ4v) is 5.16. The van der Waals surface area contributed by atoms with Crippen LogP contribution >= 0.6 is 0 Å². The largest absolute Gasteiger partial charge is 0.491 e. The van der Waals surface area contributed by atoms with Gasteiger partial charge in [0.25, 0.3) is 0 Å². The van der Waals surface area contributed by atoms with Crippen LogP contribution in [0.3, 0.4) is 0 Å². The molecule has 0 spiro atoms. The molecule has 0 fully saturated rings. The molecule has 1 aliphatic rings. The molecule has 1 N–H and O–H groups in total. The number of hydrogen-bond donors (Lipinski definition) is 1. The second kappa shape index (κ2) is 9.25. The molecule has 35 heavy (non-hydrogen) atoms. The third-order valence-electron chi connectivity index (χ3n) is 6.77. The van der Waals surface area contributed by atoms with E-state index in [-0.39, 0.29) is 6.61 Å². The summed E-state index contributed by atoms with van der Waals surface area (Å²) in [5, 5.41) is 9.08. The number of ether oxygens (including phenoxy) is 1. The Morgan fingerprint density at radius 2 is 1.20 bits per heavy atom. The number of rotatable bonds is 6. The Hall–Kier alpha value is -4.14. The zero-order chi connectivity index (χ0) is 23.6. The highest BCUT2D eigenvalue weighted by atomic mass is 16.5. The molecule has 5 aromatic rings. The summed E-state index contributed by atoms with van der Waals surface area (Å²) in [7, 11) is 0. The van der Waals surface area contributed by atoms with Crippen LogP contribution < -0.4 is 4.74 Å². The van der Waals surface area contributed by atoms with E-state index in [1.54, 1.807) is 0 Å². The number of benzene rings is 5. The normalized spacial score (nSPS) is 11.7. The van der Waals surface area contributed by atoms with Crippen LogP contribution in [0.2, 0.25) is 0 Å². The molecular weight excluding hydrogens is 428 g/mol. The average molecular weight is 455 g/mol. The van der Waals surface area contributed by atoms with Crippen molar-refractivity contribution in [2.24, 2.45) is 0 Å². The Kier molecular flexibility index (Phi) is 5.65. The summed E-state index contributed by atoms with van der Waals surface area (Å²) in [5.74, 6) is 0.771. The highest BCUT2D eigenvalue weighted by Gasteiger charge is 2.25. The van der Waals surface area contributed by atoms with Gasteiger partial charge in [0, 0.05) is 0 Å². The molecule has 0 bridgehead atoms. The van der Waals surface area contributed by atoms with E-state index in [1.807, 2.05) is 12.1 Å². The molecule has 6 rings (SSSR count). The molecule has 5 aromatic carbocycles. The molecule has 0 atom stereocenters. The van der Waals surface area contributed by atoms with Gasteiger partial charge in [-0.3, -0.25) is 0 Å². The van der Waals surface area contributed by atoms with Gasteiger partial charge >= 0.3 is 0 Å². The van der Waals surface area contributed by atoms with E-state index in [4.69, 9.17) is 9.84 Å². The molecule has 0 heterocycles. The molecule has 0 aromatic heterocycles. The summed E-state index contributed by atoms with van der Waals surface area (Å²) in [6, 6.07) is 40.9. The van der Waals surface area contributed by atoms with Crippen LogP contribution in [-0.2, 0) is 6.42 Å². The molecule has 0 unspecified atom stereocenters. The Balaban J connectivity index is 1.48. The standard InChI is InChI=1S/C33H26O2/c34-19-20-35-28-14-11-25(12-15-28)33-30(24-9-5-2-6-10-24)17-18-31-29-16-13-26(21-27(29)22-32(31)33)23-7-3-1-4-8-23/h1-18,21,34H,19-20,22H2. The molecule has 2 nitrogen and oxygen atoms in total. The maximum Gasteiger partial charge on any atom is 0.119 e. The quantitative estimate of drug-likeness (QED) is 0.280. The summed E-state index contributed by atoms with van der Waals surface area (Å²) >= 11 is 0. The third-order valence-corrected chi connectivity index (χ3v) is 6.77. The predicted octanol–water partition coefficient (Wildman–Crippen LogP) is 7.63. The maximum absolute atomic E-state index is 9.08. The number of hydrogen-bond acceptors (Lipinski definition) is 2. The summed E-state index contributed by atoms with van der Waals surface area (Å²) in [6.07, 6.45) is 0.907. The number of fused-ring (bicyclic) bond motifs is 3. The van der Waals surface area contributed by atoms with Crippen LogP contribution in [-0.4, -0.2) is 18.3 Å². The van der Waals surface area contributed by atoms with Crippen molar-refractivity contribution in [2.45, 2.75) is 6.42 Å². The minimum atomic E-state index is 0.00925. The monoisotopic (exact) mass is 454 g/mol. The lowest BCUT2D eigenvalue weighted by Crippen LogP contribution is -2.01. The van der Waals surface area contributed by atoms with E-state index >= 15 is 0 Å². The van der Waals surface area contributed by atoms with E-state index in [0.29, 0.717) is 6.61 Å². The zero-order valence-corrected chi connectivity index (χ0v) is 19.4. The van der Waals surface area contributed by atoms with E-state index in [2.05, 4.69) is 103 Å². The highest BCUT2D eigenvalue weighted by Crippen LogP contribution is 2.46. The Morgan fingerprint density at radius 3 is 1.91 bits per heavy atom. The highest BCUT2D eigenvalue weighted by molar-refractivity contribution is 5.94. The van der Waals surface area contributed by atoms with Gasteiger partial charge < -0.3 is 9.84 Å². The Morgan fingerprint density at radius 1 is 0.571 bits per heavy atom. The molecule has 170 valence electrons. The first kappa shape index (κ1) is 21.4. The lowest BCUT2D eigenvalue weighted by molar-refractivity contribution is 0.201. The van der Waals surface area contributed by atoms with Gasteiger partial charge in [0.1, 0.15) is 12.4 Å². The van der Waals surface area contributed by atoms with Crippen molar-refractivity contribution < 1.29 is 9.84 Å². The van der Waals surface area contributed by atoms with Gasteiger partial charge in [-0.05, 0) is 74.2 Å². The van der Waals surface area contributed by atoms with Crippen molar-refractivity contribution in [3.63, 3.8) is 0 Å². The minimum Gasteiger partial charge on any atom is -0.491 e. The van der Waals surface area contributed by atoms with Gasteiger partial charge in [-0.15, -0.1) is 0 Å². The van der Waals surface area contributed by atoms with E-state index in [0.717, 1.165) is 12.2 Å². The summed E-state index contributed by atoms with van der Waals surface area (Å²) in [5.41, 5.74) is 12.8. The van der Waals surface area contributed by atoms with Gasteiger partial charge in [-0.1, -0.05) is 103 Å². The van der Waals surface area contributed by atoms with Gasteiger partial charge in [-0.2, -0.15) is 0 Å². The fraction of sp³-hybridized carbons (Fsp3) is 0.0909. The molecule has 0 amide bonds. The topological polar surface area (TPSA) is 29.5 Å². The van der Waals surface area contributed by atoms with Crippen LogP contribution in [0.15, 0.2) is 115 Å². The first-order valence-electron chi connectivity index (χ1n) is 12.1. The molecule has 1 aliphatic carbocycles.